The number of benzene rings is 1. The molecule has 0 fully saturated rings. The summed E-state index contributed by atoms with van der Waals surface area (Å²) in [6.45, 7) is 0. The van der Waals surface area contributed by atoms with Gasteiger partial charge in [0, 0.05) is 29.7 Å². The van der Waals surface area contributed by atoms with Crippen molar-refractivity contribution in [1.82, 2.24) is 15.0 Å². The SMILES string of the molecule is O=C(Sc1nccc(-c2ccccc2)n1)c1ccncc1. The van der Waals surface area contributed by atoms with Crippen LogP contribution in [-0.4, -0.2) is 20.1 Å². The second kappa shape index (κ2) is 6.28. The van der Waals surface area contributed by atoms with Gasteiger partial charge in [0.2, 0.25) is 5.12 Å². The van der Waals surface area contributed by atoms with Crippen LogP contribution in [0.4, 0.5) is 0 Å². The summed E-state index contributed by atoms with van der Waals surface area (Å²) in [7, 11) is 0. The highest BCUT2D eigenvalue weighted by Gasteiger charge is 2.10. The molecule has 0 aliphatic carbocycles. The summed E-state index contributed by atoms with van der Waals surface area (Å²) in [5.74, 6) is 0. The van der Waals surface area contributed by atoms with Crippen molar-refractivity contribution in [2.24, 2.45) is 0 Å². The standard InChI is InChI=1S/C16H11N3OS/c20-15(13-6-9-17-10-7-13)21-16-18-11-8-14(19-16)12-4-2-1-3-5-12/h1-11H. The number of hydrogen-bond acceptors (Lipinski definition) is 5. The van der Waals surface area contributed by atoms with Gasteiger partial charge in [-0.1, -0.05) is 30.3 Å². The highest BCUT2D eigenvalue weighted by atomic mass is 32.2. The minimum Gasteiger partial charge on any atom is -0.281 e. The molecule has 5 heteroatoms. The number of nitrogens with zero attached hydrogens (tertiary/aromatic N) is 3. The summed E-state index contributed by atoms with van der Waals surface area (Å²) in [6, 6.07) is 15.0. The summed E-state index contributed by atoms with van der Waals surface area (Å²) >= 11 is 1.02. The molecule has 0 aliphatic heterocycles. The monoisotopic (exact) mass is 293 g/mol. The Morgan fingerprint density at radius 1 is 0.905 bits per heavy atom. The lowest BCUT2D eigenvalue weighted by atomic mass is 10.1. The van der Waals surface area contributed by atoms with Gasteiger partial charge in [-0.15, -0.1) is 0 Å². The van der Waals surface area contributed by atoms with Crippen LogP contribution in [0.1, 0.15) is 10.4 Å². The third-order valence-corrected chi connectivity index (χ3v) is 3.60. The fourth-order valence-corrected chi connectivity index (χ4v) is 2.47. The van der Waals surface area contributed by atoms with Gasteiger partial charge < -0.3 is 0 Å². The molecule has 0 bridgehead atoms. The Kier molecular flexibility index (Phi) is 4.02. The molecule has 102 valence electrons. The van der Waals surface area contributed by atoms with E-state index in [9.17, 15) is 4.79 Å². The zero-order valence-electron chi connectivity index (χ0n) is 11.0. The Bertz CT molecular complexity index is 748. The van der Waals surface area contributed by atoms with Crippen LogP contribution in [0.25, 0.3) is 11.3 Å². The van der Waals surface area contributed by atoms with E-state index in [-0.39, 0.29) is 5.12 Å². The van der Waals surface area contributed by atoms with Gasteiger partial charge in [-0.2, -0.15) is 0 Å². The van der Waals surface area contributed by atoms with E-state index in [4.69, 9.17) is 0 Å². The van der Waals surface area contributed by atoms with Crippen LogP contribution >= 0.6 is 11.8 Å². The van der Waals surface area contributed by atoms with E-state index in [1.54, 1.807) is 30.7 Å². The van der Waals surface area contributed by atoms with E-state index in [2.05, 4.69) is 15.0 Å². The zero-order chi connectivity index (χ0) is 14.5. The maximum atomic E-state index is 12.1. The van der Waals surface area contributed by atoms with Crippen molar-refractivity contribution in [3.05, 3.63) is 72.7 Å². The predicted octanol–water partition coefficient (Wildman–Crippen LogP) is 3.47. The largest absolute Gasteiger partial charge is 0.281 e. The van der Waals surface area contributed by atoms with Gasteiger partial charge in [0.1, 0.15) is 0 Å². The summed E-state index contributed by atoms with van der Waals surface area (Å²) < 4.78 is 0. The summed E-state index contributed by atoms with van der Waals surface area (Å²) in [6.07, 6.45) is 4.85. The van der Waals surface area contributed by atoms with Crippen LogP contribution in [0.5, 0.6) is 0 Å². The number of carbonyl (C=O) groups is 1. The van der Waals surface area contributed by atoms with Crippen LogP contribution < -0.4 is 0 Å². The van der Waals surface area contributed by atoms with Crippen LogP contribution in [0, 0.1) is 0 Å². The van der Waals surface area contributed by atoms with Gasteiger partial charge >= 0.3 is 0 Å². The molecule has 1 aromatic carbocycles. The minimum absolute atomic E-state index is 0.0948. The number of thioether (sulfide) groups is 1. The van der Waals surface area contributed by atoms with Crippen LogP contribution in [-0.2, 0) is 0 Å². The third-order valence-electron chi connectivity index (χ3n) is 2.80. The zero-order valence-corrected chi connectivity index (χ0v) is 11.8. The molecule has 0 aliphatic rings. The summed E-state index contributed by atoms with van der Waals surface area (Å²) in [5.41, 5.74) is 2.39. The number of pyridine rings is 1. The molecule has 0 amide bonds. The van der Waals surface area contributed by atoms with E-state index in [1.807, 2.05) is 36.4 Å². The molecule has 0 atom stereocenters. The molecule has 3 rings (SSSR count). The number of aromatic nitrogens is 3. The Balaban J connectivity index is 1.83. The highest BCUT2D eigenvalue weighted by Crippen LogP contribution is 2.22. The first-order chi connectivity index (χ1) is 10.3. The Hall–Kier alpha value is -2.53. The van der Waals surface area contributed by atoms with Gasteiger partial charge in [0.15, 0.2) is 5.16 Å². The minimum atomic E-state index is -0.0948. The lowest BCUT2D eigenvalue weighted by molar-refractivity contribution is 0.108. The average molecular weight is 293 g/mol. The molecular formula is C16H11N3OS. The molecule has 0 saturated carbocycles. The first kappa shape index (κ1) is 13.5. The topological polar surface area (TPSA) is 55.7 Å². The fourth-order valence-electron chi connectivity index (χ4n) is 1.79. The number of rotatable bonds is 3. The molecule has 0 unspecified atom stereocenters. The molecule has 0 N–H and O–H groups in total. The normalized spacial score (nSPS) is 10.3. The average Bonchev–Trinajstić information content (AvgIpc) is 2.57. The second-order valence-electron chi connectivity index (χ2n) is 4.22. The van der Waals surface area contributed by atoms with Crippen molar-refractivity contribution < 1.29 is 4.79 Å². The maximum Gasteiger partial charge on any atom is 0.227 e. The van der Waals surface area contributed by atoms with Crippen molar-refractivity contribution >= 4 is 16.9 Å². The molecule has 0 saturated heterocycles. The van der Waals surface area contributed by atoms with Gasteiger partial charge in [0.05, 0.1) is 5.69 Å². The van der Waals surface area contributed by atoms with E-state index >= 15 is 0 Å². The number of carbonyl (C=O) groups excluding carboxylic acids is 1. The molecule has 21 heavy (non-hydrogen) atoms. The van der Waals surface area contributed by atoms with Crippen molar-refractivity contribution in [3.8, 4) is 11.3 Å². The molecular weight excluding hydrogens is 282 g/mol. The number of hydrogen-bond donors (Lipinski definition) is 0. The molecule has 2 heterocycles. The van der Waals surface area contributed by atoms with Crippen LogP contribution in [0.3, 0.4) is 0 Å². The van der Waals surface area contributed by atoms with Crippen molar-refractivity contribution in [1.29, 1.82) is 0 Å². The van der Waals surface area contributed by atoms with Crippen molar-refractivity contribution in [2.45, 2.75) is 5.16 Å². The lowest BCUT2D eigenvalue weighted by Gasteiger charge is -2.03. The van der Waals surface area contributed by atoms with E-state index in [1.165, 1.54) is 0 Å². The third kappa shape index (κ3) is 3.32. The lowest BCUT2D eigenvalue weighted by Crippen LogP contribution is -1.97. The van der Waals surface area contributed by atoms with Crippen LogP contribution in [0.15, 0.2) is 72.3 Å². The van der Waals surface area contributed by atoms with Gasteiger partial charge in [-0.25, -0.2) is 9.97 Å². The fraction of sp³-hybridized carbons (Fsp3) is 0. The maximum absolute atomic E-state index is 12.1. The molecule has 3 aromatic rings. The van der Waals surface area contributed by atoms with Gasteiger partial charge in [0.25, 0.3) is 0 Å². The Morgan fingerprint density at radius 2 is 1.67 bits per heavy atom. The molecule has 0 spiro atoms. The predicted molar refractivity (Wildman–Crippen MR) is 81.9 cm³/mol. The second-order valence-corrected chi connectivity index (χ2v) is 5.16. The van der Waals surface area contributed by atoms with E-state index in [0.717, 1.165) is 23.0 Å². The molecule has 4 nitrogen and oxygen atoms in total. The van der Waals surface area contributed by atoms with Gasteiger partial charge in [-0.3, -0.25) is 9.78 Å². The Labute approximate surface area is 126 Å². The smallest absolute Gasteiger partial charge is 0.227 e. The van der Waals surface area contributed by atoms with Crippen molar-refractivity contribution in [2.75, 3.05) is 0 Å². The van der Waals surface area contributed by atoms with Crippen molar-refractivity contribution in [3.63, 3.8) is 0 Å². The summed E-state index contributed by atoms with van der Waals surface area (Å²) in [5, 5.41) is 0.348. The molecule has 2 aromatic heterocycles. The van der Waals surface area contributed by atoms with Crippen LogP contribution in [0.2, 0.25) is 0 Å². The first-order valence-electron chi connectivity index (χ1n) is 6.33. The highest BCUT2D eigenvalue weighted by molar-refractivity contribution is 8.14. The Morgan fingerprint density at radius 3 is 2.43 bits per heavy atom. The quantitative estimate of drug-likeness (QED) is 0.546. The van der Waals surface area contributed by atoms with E-state index < -0.39 is 0 Å². The van der Waals surface area contributed by atoms with Gasteiger partial charge in [-0.05, 0) is 30.0 Å². The van der Waals surface area contributed by atoms with E-state index in [0.29, 0.717) is 10.7 Å². The summed E-state index contributed by atoms with van der Waals surface area (Å²) in [4.78, 5) is 24.6. The first-order valence-corrected chi connectivity index (χ1v) is 7.15. The molecule has 0 radical (unpaired) electrons.